The average Bonchev–Trinajstić information content (AvgIpc) is 1.98. The summed E-state index contributed by atoms with van der Waals surface area (Å²) in [4.78, 5) is 11.1. The molecular weight excluding hydrogens is 184 g/mol. The minimum atomic E-state index is -1.09. The monoisotopic (exact) mass is 204 g/mol. The van der Waals surface area contributed by atoms with Gasteiger partial charge in [-0.05, 0) is 27.7 Å². The van der Waals surface area contributed by atoms with E-state index < -0.39 is 17.3 Å². The normalized spacial score (nSPS) is 15.9. The van der Waals surface area contributed by atoms with Gasteiger partial charge >= 0.3 is 6.09 Å². The molecule has 14 heavy (non-hydrogen) atoms. The summed E-state index contributed by atoms with van der Waals surface area (Å²) in [6.07, 6.45) is -0.550. The summed E-state index contributed by atoms with van der Waals surface area (Å²) in [5.41, 5.74) is 3.66. The summed E-state index contributed by atoms with van der Waals surface area (Å²) in [5.74, 6) is 0. The van der Waals surface area contributed by atoms with E-state index in [0.717, 1.165) is 0 Å². The van der Waals surface area contributed by atoms with Gasteiger partial charge in [-0.1, -0.05) is 0 Å². The van der Waals surface area contributed by atoms with E-state index in [4.69, 9.17) is 10.5 Å². The minimum absolute atomic E-state index is 0.0818. The summed E-state index contributed by atoms with van der Waals surface area (Å²) < 4.78 is 4.98. The van der Waals surface area contributed by atoms with E-state index in [1.807, 2.05) is 0 Å². The predicted octanol–water partition coefficient (Wildman–Crippen LogP) is 0.221. The molecule has 0 aromatic heterocycles. The Kier molecular flexibility index (Phi) is 4.35. The smallest absolute Gasteiger partial charge is 0.407 e. The third-order valence-corrected chi connectivity index (χ3v) is 1.45. The Bertz CT molecular complexity index is 197. The van der Waals surface area contributed by atoms with Crippen molar-refractivity contribution in [3.63, 3.8) is 0 Å². The fourth-order valence-corrected chi connectivity index (χ4v) is 0.649. The Morgan fingerprint density at radius 2 is 1.93 bits per heavy atom. The van der Waals surface area contributed by atoms with Crippen molar-refractivity contribution >= 4 is 6.09 Å². The van der Waals surface area contributed by atoms with Crippen LogP contribution in [0.1, 0.15) is 27.7 Å². The molecule has 0 radical (unpaired) electrons. The molecule has 1 unspecified atom stereocenters. The highest BCUT2D eigenvalue weighted by Gasteiger charge is 2.21. The lowest BCUT2D eigenvalue weighted by molar-refractivity contribution is 0.0364. The quantitative estimate of drug-likeness (QED) is 0.614. The van der Waals surface area contributed by atoms with E-state index in [1.54, 1.807) is 27.7 Å². The molecule has 0 aliphatic rings. The van der Waals surface area contributed by atoms with E-state index >= 15 is 0 Å². The number of amides is 1. The Hall–Kier alpha value is -0.810. The van der Waals surface area contributed by atoms with E-state index in [1.165, 1.54) is 0 Å². The third kappa shape index (κ3) is 6.68. The van der Waals surface area contributed by atoms with Crippen molar-refractivity contribution in [3.05, 3.63) is 0 Å². The second-order valence-corrected chi connectivity index (χ2v) is 4.56. The Labute approximate surface area is 84.6 Å². The molecule has 4 N–H and O–H groups in total. The van der Waals surface area contributed by atoms with Crippen LogP contribution in [0.15, 0.2) is 0 Å². The van der Waals surface area contributed by atoms with Gasteiger partial charge in [-0.25, -0.2) is 4.79 Å². The standard InChI is InChI=1S/C9H20N2O3/c1-8(2,3)14-7(12)11-6-9(4,13)5-10/h13H,5-6,10H2,1-4H3,(H,11,12). The average molecular weight is 204 g/mol. The van der Waals surface area contributed by atoms with Gasteiger partial charge in [-0.2, -0.15) is 0 Å². The lowest BCUT2D eigenvalue weighted by Crippen LogP contribution is -2.46. The first kappa shape index (κ1) is 13.2. The van der Waals surface area contributed by atoms with Gasteiger partial charge in [0, 0.05) is 6.54 Å². The molecule has 84 valence electrons. The zero-order chi connectivity index (χ0) is 11.4. The third-order valence-electron chi connectivity index (χ3n) is 1.45. The van der Waals surface area contributed by atoms with Gasteiger partial charge in [-0.15, -0.1) is 0 Å². The molecule has 5 nitrogen and oxygen atoms in total. The lowest BCUT2D eigenvalue weighted by Gasteiger charge is -2.24. The first-order chi connectivity index (χ1) is 6.16. The molecule has 0 saturated heterocycles. The van der Waals surface area contributed by atoms with Gasteiger partial charge in [0.25, 0.3) is 0 Å². The van der Waals surface area contributed by atoms with Crippen LogP contribution in [-0.4, -0.2) is 35.5 Å². The number of ether oxygens (including phenoxy) is 1. The highest BCUT2D eigenvalue weighted by atomic mass is 16.6. The summed E-state index contributed by atoms with van der Waals surface area (Å²) >= 11 is 0. The van der Waals surface area contributed by atoms with Crippen molar-refractivity contribution < 1.29 is 14.6 Å². The largest absolute Gasteiger partial charge is 0.444 e. The van der Waals surface area contributed by atoms with Gasteiger partial charge in [0.1, 0.15) is 5.60 Å². The number of rotatable bonds is 3. The van der Waals surface area contributed by atoms with Crippen LogP contribution in [0.5, 0.6) is 0 Å². The van der Waals surface area contributed by atoms with Crippen LogP contribution < -0.4 is 11.1 Å². The number of carbonyl (C=O) groups is 1. The highest BCUT2D eigenvalue weighted by Crippen LogP contribution is 2.06. The molecule has 0 spiro atoms. The maximum atomic E-state index is 11.1. The van der Waals surface area contributed by atoms with E-state index in [-0.39, 0.29) is 13.1 Å². The van der Waals surface area contributed by atoms with Gasteiger partial charge in [0.15, 0.2) is 0 Å². The second-order valence-electron chi connectivity index (χ2n) is 4.56. The fourth-order valence-electron chi connectivity index (χ4n) is 0.649. The van der Waals surface area contributed by atoms with Crippen molar-refractivity contribution in [2.24, 2.45) is 5.73 Å². The van der Waals surface area contributed by atoms with Crippen LogP contribution in [-0.2, 0) is 4.74 Å². The van der Waals surface area contributed by atoms with Crippen molar-refractivity contribution in [1.29, 1.82) is 0 Å². The Morgan fingerprint density at radius 1 is 1.43 bits per heavy atom. The van der Waals surface area contributed by atoms with Gasteiger partial charge < -0.3 is 20.9 Å². The summed E-state index contributed by atoms with van der Waals surface area (Å²) in [6.45, 7) is 7.03. The summed E-state index contributed by atoms with van der Waals surface area (Å²) in [5, 5.41) is 11.9. The van der Waals surface area contributed by atoms with Gasteiger partial charge in [0.2, 0.25) is 0 Å². The van der Waals surface area contributed by atoms with Crippen molar-refractivity contribution in [1.82, 2.24) is 5.32 Å². The number of nitrogens with two attached hydrogens (primary N) is 1. The fraction of sp³-hybridized carbons (Fsp3) is 0.889. The molecule has 0 bridgehead atoms. The molecule has 1 amide bonds. The van der Waals surface area contributed by atoms with Crippen LogP contribution in [0.2, 0.25) is 0 Å². The number of carbonyl (C=O) groups excluding carboxylic acids is 1. The van der Waals surface area contributed by atoms with Gasteiger partial charge in [-0.3, -0.25) is 0 Å². The molecule has 0 saturated carbocycles. The number of hydrogen-bond donors (Lipinski definition) is 3. The molecular formula is C9H20N2O3. The number of hydrogen-bond acceptors (Lipinski definition) is 4. The summed E-state index contributed by atoms with van der Waals surface area (Å²) in [7, 11) is 0. The molecule has 1 atom stereocenters. The molecule has 0 heterocycles. The van der Waals surface area contributed by atoms with Crippen molar-refractivity contribution in [2.45, 2.75) is 38.9 Å². The van der Waals surface area contributed by atoms with E-state index in [2.05, 4.69) is 5.32 Å². The van der Waals surface area contributed by atoms with Crippen LogP contribution in [0.25, 0.3) is 0 Å². The van der Waals surface area contributed by atoms with Crippen LogP contribution >= 0.6 is 0 Å². The number of aliphatic hydroxyl groups is 1. The van der Waals surface area contributed by atoms with E-state index in [9.17, 15) is 9.90 Å². The zero-order valence-electron chi connectivity index (χ0n) is 9.26. The molecule has 0 aliphatic heterocycles. The maximum Gasteiger partial charge on any atom is 0.407 e. The number of nitrogens with one attached hydrogen (secondary N) is 1. The molecule has 0 rings (SSSR count). The Balaban J connectivity index is 3.87. The zero-order valence-corrected chi connectivity index (χ0v) is 9.26. The first-order valence-electron chi connectivity index (χ1n) is 4.55. The molecule has 5 heteroatoms. The second kappa shape index (κ2) is 4.61. The molecule has 0 fully saturated rings. The first-order valence-corrected chi connectivity index (χ1v) is 4.55. The summed E-state index contributed by atoms with van der Waals surface area (Å²) in [6, 6.07) is 0. The number of alkyl carbamates (subject to hydrolysis) is 1. The van der Waals surface area contributed by atoms with Gasteiger partial charge in [0.05, 0.1) is 12.1 Å². The topological polar surface area (TPSA) is 84.6 Å². The minimum Gasteiger partial charge on any atom is -0.444 e. The predicted molar refractivity (Wildman–Crippen MR) is 53.9 cm³/mol. The van der Waals surface area contributed by atoms with E-state index in [0.29, 0.717) is 0 Å². The van der Waals surface area contributed by atoms with Crippen LogP contribution in [0.3, 0.4) is 0 Å². The lowest BCUT2D eigenvalue weighted by atomic mass is 10.1. The highest BCUT2D eigenvalue weighted by molar-refractivity contribution is 5.67. The van der Waals surface area contributed by atoms with Crippen molar-refractivity contribution in [3.8, 4) is 0 Å². The maximum absolute atomic E-state index is 11.1. The van der Waals surface area contributed by atoms with Crippen LogP contribution in [0.4, 0.5) is 4.79 Å². The SMILES string of the molecule is CC(O)(CN)CNC(=O)OC(C)(C)C. The Morgan fingerprint density at radius 3 is 2.29 bits per heavy atom. The van der Waals surface area contributed by atoms with Crippen LogP contribution in [0, 0.1) is 0 Å². The van der Waals surface area contributed by atoms with Crippen molar-refractivity contribution in [2.75, 3.05) is 13.1 Å². The molecule has 0 aliphatic carbocycles. The molecule has 0 aromatic rings. The molecule has 0 aromatic carbocycles.